The second-order valence-corrected chi connectivity index (χ2v) is 0.250. The summed E-state index contributed by atoms with van der Waals surface area (Å²) in [6, 6.07) is 0. The fourth-order valence-electron chi connectivity index (χ4n) is 0. The van der Waals surface area contributed by atoms with Crippen LogP contribution in [0.25, 0.3) is 0 Å². The summed E-state index contributed by atoms with van der Waals surface area (Å²) in [5, 5.41) is 0. The van der Waals surface area contributed by atoms with Crippen molar-refractivity contribution in [3.63, 3.8) is 0 Å². The molecule has 0 aromatic rings. The molecule has 2 heteroatoms. The summed E-state index contributed by atoms with van der Waals surface area (Å²) in [4.78, 5) is 0. The molecule has 0 N–H and O–H groups in total. The molecule has 0 aromatic carbocycles. The van der Waals surface area contributed by atoms with Gasteiger partial charge in [0.15, 0.2) is 0 Å². The van der Waals surface area contributed by atoms with Crippen LogP contribution < -0.4 is 0 Å². The fraction of sp³-hybridized carbons (Fsp3) is 0. The minimum atomic E-state index is 1.61. The molecule has 0 spiro atoms. The number of hydrogen-bond donors (Lipinski definition) is 0. The standard InChI is InChI=1S/C3H4.ClH.Pt/c1-3-2;;/h1-2H2;1H;/q;;+1/p-1. The summed E-state index contributed by atoms with van der Waals surface area (Å²) in [7, 11) is 4.61. The van der Waals surface area contributed by atoms with Gasteiger partial charge in [-0.25, -0.2) is 0 Å². The summed E-state index contributed by atoms with van der Waals surface area (Å²) in [5.41, 5.74) is 2.25. The van der Waals surface area contributed by atoms with Crippen LogP contribution in [0.15, 0.2) is 18.9 Å². The summed E-state index contributed by atoms with van der Waals surface area (Å²) in [5.74, 6) is 0. The van der Waals surface area contributed by atoms with Gasteiger partial charge in [0.05, 0.1) is 0 Å². The van der Waals surface area contributed by atoms with E-state index in [1.165, 1.54) is 0 Å². The summed E-state index contributed by atoms with van der Waals surface area (Å²) in [6.45, 7) is 6.25. The molecule has 0 rings (SSSR count). The van der Waals surface area contributed by atoms with Crippen LogP contribution in [0.4, 0.5) is 0 Å². The Morgan fingerprint density at radius 1 is 1.40 bits per heavy atom. The molecule has 0 saturated heterocycles. The van der Waals surface area contributed by atoms with Gasteiger partial charge in [0.1, 0.15) is 0 Å². The Balaban J connectivity index is 0. The zero-order chi connectivity index (χ0) is 4.71. The first kappa shape index (κ1) is 9.09. The van der Waals surface area contributed by atoms with E-state index < -0.39 is 0 Å². The molecule has 0 heterocycles. The van der Waals surface area contributed by atoms with Gasteiger partial charge in [0.25, 0.3) is 0 Å². The zero-order valence-electron chi connectivity index (χ0n) is 2.61. The molecule has 0 bridgehead atoms. The van der Waals surface area contributed by atoms with E-state index in [4.69, 9.17) is 0 Å². The topological polar surface area (TPSA) is 0 Å². The minimum absolute atomic E-state index is 1.61. The molecule has 0 aromatic heterocycles. The van der Waals surface area contributed by atoms with Gasteiger partial charge >= 0.3 is 28.2 Å². The summed E-state index contributed by atoms with van der Waals surface area (Å²) >= 11 is 1.61. The molecule has 0 fully saturated rings. The Morgan fingerprint density at radius 2 is 1.40 bits per heavy atom. The molecular formula is C3H4ClPt. The molecule has 0 atom stereocenters. The third kappa shape index (κ3) is 113. The van der Waals surface area contributed by atoms with Crippen molar-refractivity contribution in [3.05, 3.63) is 18.9 Å². The van der Waals surface area contributed by atoms with E-state index in [9.17, 15) is 0 Å². The first-order valence-corrected chi connectivity index (χ1v) is 3.64. The van der Waals surface area contributed by atoms with Crippen molar-refractivity contribution in [2.45, 2.75) is 0 Å². The van der Waals surface area contributed by atoms with Crippen LogP contribution in [0.5, 0.6) is 0 Å². The van der Waals surface area contributed by atoms with Crippen molar-refractivity contribution >= 4 is 9.42 Å². The van der Waals surface area contributed by atoms with Gasteiger partial charge in [0, 0.05) is 0 Å². The van der Waals surface area contributed by atoms with Crippen molar-refractivity contribution in [2.24, 2.45) is 0 Å². The number of halogens is 1. The van der Waals surface area contributed by atoms with Crippen LogP contribution in [0.2, 0.25) is 0 Å². The molecule has 33 valence electrons. The predicted molar refractivity (Wildman–Crippen MR) is 20.6 cm³/mol. The molecule has 0 aliphatic heterocycles. The van der Waals surface area contributed by atoms with Crippen molar-refractivity contribution in [1.29, 1.82) is 0 Å². The molecule has 0 nitrogen and oxygen atoms in total. The van der Waals surface area contributed by atoms with Crippen molar-refractivity contribution in [3.8, 4) is 0 Å². The Hall–Kier alpha value is 0.498. The molecule has 0 unspecified atom stereocenters. The molecule has 0 amide bonds. The van der Waals surface area contributed by atoms with Gasteiger partial charge in [-0.15, -0.1) is 5.73 Å². The Labute approximate surface area is 47.3 Å². The van der Waals surface area contributed by atoms with E-state index in [-0.39, 0.29) is 0 Å². The predicted octanol–water partition coefficient (Wildman–Crippen LogP) is 1.64. The van der Waals surface area contributed by atoms with E-state index in [1.807, 2.05) is 0 Å². The SMILES string of the molecule is C=C=C.[Cl][Pt]. The monoisotopic (exact) mass is 270 g/mol. The third-order valence-corrected chi connectivity index (χ3v) is 0. The number of rotatable bonds is 0. The van der Waals surface area contributed by atoms with Crippen LogP contribution in [0.3, 0.4) is 0 Å². The van der Waals surface area contributed by atoms with Gasteiger partial charge in [-0.1, -0.05) is 13.2 Å². The van der Waals surface area contributed by atoms with E-state index in [0.29, 0.717) is 0 Å². The van der Waals surface area contributed by atoms with Crippen LogP contribution in [0.1, 0.15) is 0 Å². The molecule has 5 heavy (non-hydrogen) atoms. The summed E-state index contributed by atoms with van der Waals surface area (Å²) in [6.07, 6.45) is 0. The van der Waals surface area contributed by atoms with Crippen LogP contribution in [-0.2, 0) is 18.8 Å². The van der Waals surface area contributed by atoms with Crippen molar-refractivity contribution in [2.75, 3.05) is 0 Å². The van der Waals surface area contributed by atoms with E-state index in [1.54, 1.807) is 18.8 Å². The number of hydrogen-bond acceptors (Lipinski definition) is 0. The van der Waals surface area contributed by atoms with E-state index in [2.05, 4.69) is 28.3 Å². The normalized spacial score (nSPS) is 3.00. The van der Waals surface area contributed by atoms with Gasteiger partial charge in [0.2, 0.25) is 0 Å². The first-order chi connectivity index (χ1) is 2.41. The van der Waals surface area contributed by atoms with E-state index in [0.717, 1.165) is 0 Å². The van der Waals surface area contributed by atoms with Gasteiger partial charge in [-0.05, 0) is 0 Å². The quantitative estimate of drug-likeness (QED) is 0.587. The maximum atomic E-state index is 4.61. The average molecular weight is 271 g/mol. The molecule has 0 aliphatic rings. The second kappa shape index (κ2) is 24.5. The van der Waals surface area contributed by atoms with Gasteiger partial charge in [-0.3, -0.25) is 0 Å². The second-order valence-electron chi connectivity index (χ2n) is 0.250. The van der Waals surface area contributed by atoms with Gasteiger partial charge < -0.3 is 0 Å². The van der Waals surface area contributed by atoms with Crippen molar-refractivity contribution < 1.29 is 18.8 Å². The maximum absolute atomic E-state index is 4.61. The first-order valence-electron chi connectivity index (χ1n) is 0.827. The van der Waals surface area contributed by atoms with E-state index >= 15 is 0 Å². The van der Waals surface area contributed by atoms with Crippen molar-refractivity contribution in [1.82, 2.24) is 0 Å². The molecular weight excluding hydrogens is 267 g/mol. The van der Waals surface area contributed by atoms with Crippen LogP contribution in [-0.4, -0.2) is 0 Å². The zero-order valence-corrected chi connectivity index (χ0v) is 5.64. The Kier molecular flexibility index (Phi) is 44.6. The van der Waals surface area contributed by atoms with Crippen LogP contribution >= 0.6 is 9.42 Å². The van der Waals surface area contributed by atoms with Crippen LogP contribution in [0, 0.1) is 0 Å². The molecule has 0 radical (unpaired) electrons. The fourth-order valence-corrected chi connectivity index (χ4v) is 0. The average Bonchev–Trinajstić information content (AvgIpc) is 1.46. The Morgan fingerprint density at radius 3 is 1.40 bits per heavy atom. The molecule has 0 saturated carbocycles. The molecule has 0 aliphatic carbocycles. The Bertz CT molecular complexity index is 27.9. The van der Waals surface area contributed by atoms with Gasteiger partial charge in [-0.2, -0.15) is 0 Å². The summed E-state index contributed by atoms with van der Waals surface area (Å²) < 4.78 is 0. The third-order valence-electron chi connectivity index (χ3n) is 0.